The van der Waals surface area contributed by atoms with Crippen LogP contribution in [0.3, 0.4) is 0 Å². The molecule has 1 aliphatic rings. The zero-order valence-electron chi connectivity index (χ0n) is 15.8. The van der Waals surface area contributed by atoms with Crippen LogP contribution >= 0.6 is 0 Å². The van der Waals surface area contributed by atoms with E-state index < -0.39 is 40.5 Å². The molecule has 142 valence electrons. The van der Waals surface area contributed by atoms with Crippen LogP contribution in [0.4, 0.5) is 4.79 Å². The lowest BCUT2D eigenvalue weighted by Gasteiger charge is -2.43. The maximum absolute atomic E-state index is 13.2. The first kappa shape index (κ1) is 20.9. The van der Waals surface area contributed by atoms with E-state index in [1.807, 2.05) is 0 Å². The van der Waals surface area contributed by atoms with Crippen molar-refractivity contribution in [3.05, 3.63) is 0 Å². The zero-order chi connectivity index (χ0) is 19.8. The van der Waals surface area contributed by atoms with Crippen molar-refractivity contribution >= 4 is 23.9 Å². The average Bonchev–Trinajstić information content (AvgIpc) is 2.61. The summed E-state index contributed by atoms with van der Waals surface area (Å²) in [5.74, 6) is -2.72. The number of carbonyl (C=O) groups is 4. The maximum Gasteiger partial charge on any atom is 0.328 e. The highest BCUT2D eigenvalue weighted by atomic mass is 16.4. The van der Waals surface area contributed by atoms with Crippen molar-refractivity contribution < 1.29 is 29.4 Å². The van der Waals surface area contributed by atoms with Crippen molar-refractivity contribution in [2.45, 2.75) is 83.8 Å². The number of imide groups is 1. The molecule has 3 amide bonds. The molecule has 1 rings (SSSR count). The van der Waals surface area contributed by atoms with Gasteiger partial charge in [-0.2, -0.15) is 0 Å². The number of hydrogen-bond donors (Lipinski definition) is 2. The minimum Gasteiger partial charge on any atom is -0.481 e. The Morgan fingerprint density at radius 2 is 1.28 bits per heavy atom. The molecular weight excluding hydrogens is 328 g/mol. The molecule has 0 radical (unpaired) electrons. The second-order valence-corrected chi connectivity index (χ2v) is 8.42. The first-order valence-corrected chi connectivity index (χ1v) is 8.27. The summed E-state index contributed by atoms with van der Waals surface area (Å²) in [5.41, 5.74) is -3.05. The van der Waals surface area contributed by atoms with Crippen molar-refractivity contribution in [2.75, 3.05) is 0 Å². The van der Waals surface area contributed by atoms with E-state index in [0.717, 1.165) is 4.90 Å². The Morgan fingerprint density at radius 1 is 0.880 bits per heavy atom. The van der Waals surface area contributed by atoms with Gasteiger partial charge in [0.1, 0.15) is 5.54 Å². The van der Waals surface area contributed by atoms with E-state index in [1.54, 1.807) is 41.5 Å². The smallest absolute Gasteiger partial charge is 0.328 e. The van der Waals surface area contributed by atoms with Gasteiger partial charge in [-0.1, -0.05) is 0 Å². The van der Waals surface area contributed by atoms with Crippen molar-refractivity contribution in [3.8, 4) is 0 Å². The molecule has 8 nitrogen and oxygen atoms in total. The second kappa shape index (κ2) is 6.65. The Morgan fingerprint density at radius 3 is 1.56 bits per heavy atom. The molecule has 0 aromatic rings. The molecule has 2 N–H and O–H groups in total. The summed E-state index contributed by atoms with van der Waals surface area (Å²) in [6.07, 6.45) is -0.902. The number of carbonyl (C=O) groups excluding carboxylic acids is 2. The third-order valence-electron chi connectivity index (χ3n) is 4.26. The van der Waals surface area contributed by atoms with E-state index in [2.05, 4.69) is 0 Å². The fraction of sp³-hybridized carbons (Fsp3) is 0.765. The fourth-order valence-corrected chi connectivity index (χ4v) is 3.38. The standard InChI is InChI=1S/C17H28N2O6/c1-15(2,3)18-13(24)17(9-7-11(20)21,10-8-12(22)23)19(14(18)25)16(4,5)6/h7-10H2,1-6H3,(H,20,21)(H,22,23). The first-order chi connectivity index (χ1) is 11.1. The van der Waals surface area contributed by atoms with Gasteiger partial charge in [0.25, 0.3) is 5.91 Å². The van der Waals surface area contributed by atoms with Gasteiger partial charge >= 0.3 is 18.0 Å². The lowest BCUT2D eigenvalue weighted by molar-refractivity contribution is -0.142. The van der Waals surface area contributed by atoms with Crippen LogP contribution in [0.15, 0.2) is 0 Å². The third kappa shape index (κ3) is 4.11. The van der Waals surface area contributed by atoms with Gasteiger partial charge in [-0.25, -0.2) is 4.79 Å². The third-order valence-corrected chi connectivity index (χ3v) is 4.26. The van der Waals surface area contributed by atoms with Gasteiger partial charge in [-0.3, -0.25) is 19.3 Å². The molecule has 8 heteroatoms. The van der Waals surface area contributed by atoms with Crippen LogP contribution in [0.5, 0.6) is 0 Å². The summed E-state index contributed by atoms with van der Waals surface area (Å²) in [5, 5.41) is 18.2. The number of amides is 3. The summed E-state index contributed by atoms with van der Waals surface area (Å²) in [6, 6.07) is -0.513. The van der Waals surface area contributed by atoms with Crippen molar-refractivity contribution in [2.24, 2.45) is 0 Å². The van der Waals surface area contributed by atoms with E-state index in [1.165, 1.54) is 4.90 Å². The zero-order valence-corrected chi connectivity index (χ0v) is 15.8. The fourth-order valence-electron chi connectivity index (χ4n) is 3.38. The number of urea groups is 1. The predicted molar refractivity (Wildman–Crippen MR) is 90.1 cm³/mol. The van der Waals surface area contributed by atoms with Gasteiger partial charge in [-0.15, -0.1) is 0 Å². The van der Waals surface area contributed by atoms with E-state index in [-0.39, 0.29) is 25.7 Å². The Kier molecular flexibility index (Phi) is 5.56. The quantitative estimate of drug-likeness (QED) is 0.706. The van der Waals surface area contributed by atoms with Crippen LogP contribution in [0.1, 0.15) is 67.2 Å². The van der Waals surface area contributed by atoms with Gasteiger partial charge in [0, 0.05) is 23.9 Å². The normalized spacial score (nSPS) is 18.0. The second-order valence-electron chi connectivity index (χ2n) is 8.42. The first-order valence-electron chi connectivity index (χ1n) is 8.27. The Labute approximate surface area is 147 Å². The summed E-state index contributed by atoms with van der Waals surface area (Å²) in [7, 11) is 0. The molecular formula is C17H28N2O6. The lowest BCUT2D eigenvalue weighted by Crippen LogP contribution is -2.57. The van der Waals surface area contributed by atoms with Crippen LogP contribution in [0.25, 0.3) is 0 Å². The minimum atomic E-state index is -1.47. The Hall–Kier alpha value is -2.12. The number of carboxylic acids is 2. The predicted octanol–water partition coefficient (Wildman–Crippen LogP) is 2.32. The average molecular weight is 356 g/mol. The van der Waals surface area contributed by atoms with E-state index in [9.17, 15) is 19.2 Å². The molecule has 1 saturated heterocycles. The molecule has 0 unspecified atom stereocenters. The largest absolute Gasteiger partial charge is 0.481 e. The van der Waals surface area contributed by atoms with Crippen LogP contribution in [0, 0.1) is 0 Å². The molecule has 25 heavy (non-hydrogen) atoms. The molecule has 0 spiro atoms. The Bertz CT molecular complexity index is 567. The van der Waals surface area contributed by atoms with Crippen LogP contribution in [0.2, 0.25) is 0 Å². The van der Waals surface area contributed by atoms with Gasteiger partial charge in [0.15, 0.2) is 0 Å². The number of aliphatic carboxylic acids is 2. The van der Waals surface area contributed by atoms with Gasteiger partial charge in [-0.05, 0) is 54.4 Å². The van der Waals surface area contributed by atoms with Gasteiger partial charge in [0.2, 0.25) is 0 Å². The Balaban J connectivity index is 3.53. The van der Waals surface area contributed by atoms with E-state index >= 15 is 0 Å². The topological polar surface area (TPSA) is 115 Å². The lowest BCUT2D eigenvalue weighted by atomic mass is 9.83. The highest BCUT2D eigenvalue weighted by Gasteiger charge is 2.62. The van der Waals surface area contributed by atoms with E-state index in [4.69, 9.17) is 10.2 Å². The molecule has 0 aromatic carbocycles. The molecule has 1 fully saturated rings. The monoisotopic (exact) mass is 356 g/mol. The summed E-state index contributed by atoms with van der Waals surface area (Å²) in [4.78, 5) is 51.0. The molecule has 0 aliphatic carbocycles. The summed E-state index contributed by atoms with van der Waals surface area (Å²) >= 11 is 0. The van der Waals surface area contributed by atoms with Crippen molar-refractivity contribution in [3.63, 3.8) is 0 Å². The molecule has 1 heterocycles. The molecule has 0 saturated carbocycles. The number of hydrogen-bond acceptors (Lipinski definition) is 4. The van der Waals surface area contributed by atoms with Crippen molar-refractivity contribution in [1.82, 2.24) is 9.80 Å². The minimum absolute atomic E-state index is 0.121. The molecule has 0 atom stereocenters. The number of nitrogens with zero attached hydrogens (tertiary/aromatic N) is 2. The van der Waals surface area contributed by atoms with Crippen LogP contribution in [-0.2, 0) is 14.4 Å². The maximum atomic E-state index is 13.2. The van der Waals surface area contributed by atoms with Crippen LogP contribution in [-0.4, -0.2) is 60.5 Å². The highest BCUT2D eigenvalue weighted by molar-refractivity contribution is 6.08. The summed E-state index contributed by atoms with van der Waals surface area (Å²) < 4.78 is 0. The van der Waals surface area contributed by atoms with Gasteiger partial charge in [0.05, 0.1) is 0 Å². The van der Waals surface area contributed by atoms with Gasteiger partial charge < -0.3 is 15.1 Å². The highest BCUT2D eigenvalue weighted by Crippen LogP contribution is 2.43. The van der Waals surface area contributed by atoms with Crippen molar-refractivity contribution in [1.29, 1.82) is 0 Å². The van der Waals surface area contributed by atoms with Crippen LogP contribution < -0.4 is 0 Å². The van der Waals surface area contributed by atoms with E-state index in [0.29, 0.717) is 0 Å². The molecule has 0 bridgehead atoms. The molecule has 0 aromatic heterocycles. The molecule has 1 aliphatic heterocycles. The number of rotatable bonds is 6. The number of carboxylic acid groups (broad SMARTS) is 2. The SMILES string of the molecule is CC(C)(C)N1C(=O)N(C(C)(C)C)C(CCC(=O)O)(CCC(=O)O)C1=O. The summed E-state index contributed by atoms with van der Waals surface area (Å²) in [6.45, 7) is 10.4.